The maximum atomic E-state index is 14.5. The molecular weight excluding hydrogens is 582 g/mol. The lowest BCUT2D eigenvalue weighted by molar-refractivity contribution is -0.139. The third-order valence-electron chi connectivity index (χ3n) is 7.26. The number of nitrogens with one attached hydrogen (secondary N) is 2. The monoisotopic (exact) mass is 621 g/mol. The van der Waals surface area contributed by atoms with E-state index in [1.807, 2.05) is 0 Å². The van der Waals surface area contributed by atoms with E-state index in [2.05, 4.69) is 10.6 Å². The normalized spacial score (nSPS) is 13.0. The van der Waals surface area contributed by atoms with Crippen molar-refractivity contribution in [2.45, 2.75) is 70.5 Å². The van der Waals surface area contributed by atoms with Crippen LogP contribution >= 0.6 is 0 Å². The largest absolute Gasteiger partial charge is 0.481 e. The summed E-state index contributed by atoms with van der Waals surface area (Å²) in [7, 11) is 0. The molecule has 3 unspecified atom stereocenters. The van der Waals surface area contributed by atoms with Crippen molar-refractivity contribution in [2.24, 2.45) is 11.5 Å². The smallest absolute Gasteiger partial charge is 0.336 e. The number of amides is 4. The Morgan fingerprint density at radius 1 is 0.978 bits per heavy atom. The minimum Gasteiger partial charge on any atom is -0.481 e. The highest BCUT2D eigenvalue weighted by atomic mass is 16.4. The fourth-order valence-corrected chi connectivity index (χ4v) is 4.92. The molecule has 0 bridgehead atoms. The van der Waals surface area contributed by atoms with Crippen LogP contribution in [-0.4, -0.2) is 59.4 Å². The van der Waals surface area contributed by atoms with Gasteiger partial charge in [0.2, 0.25) is 17.7 Å². The summed E-state index contributed by atoms with van der Waals surface area (Å²) in [4.78, 5) is 77.0. The molecule has 240 valence electrons. The van der Waals surface area contributed by atoms with E-state index in [1.165, 1.54) is 24.0 Å². The lowest BCUT2D eigenvalue weighted by Crippen LogP contribution is -2.58. The van der Waals surface area contributed by atoms with Crippen LogP contribution in [0.25, 0.3) is 11.0 Å². The van der Waals surface area contributed by atoms with Crippen molar-refractivity contribution in [3.8, 4) is 0 Å². The summed E-state index contributed by atoms with van der Waals surface area (Å²) < 4.78 is 5.40. The molecule has 0 aliphatic heterocycles. The van der Waals surface area contributed by atoms with Crippen LogP contribution in [0.3, 0.4) is 0 Å². The van der Waals surface area contributed by atoms with E-state index in [-0.39, 0.29) is 30.5 Å². The first kappa shape index (κ1) is 34.5. The number of rotatable bonds is 16. The predicted molar refractivity (Wildman–Crippen MR) is 167 cm³/mol. The molecule has 0 aliphatic rings. The quantitative estimate of drug-likeness (QED) is 0.116. The number of carboxylic acid groups (broad SMARTS) is 1. The van der Waals surface area contributed by atoms with Crippen LogP contribution in [0.4, 0.5) is 5.69 Å². The number of aryl methyl sites for hydroxylation is 1. The van der Waals surface area contributed by atoms with Crippen LogP contribution in [0.2, 0.25) is 0 Å². The maximum Gasteiger partial charge on any atom is 0.336 e. The molecule has 0 fully saturated rings. The predicted octanol–water partition coefficient (Wildman–Crippen LogP) is 1.51. The van der Waals surface area contributed by atoms with Crippen molar-refractivity contribution in [1.82, 2.24) is 10.6 Å². The third-order valence-corrected chi connectivity index (χ3v) is 7.26. The number of carboxylic acids is 1. The van der Waals surface area contributed by atoms with Crippen molar-refractivity contribution in [1.29, 1.82) is 0 Å². The molecule has 45 heavy (non-hydrogen) atoms. The first-order chi connectivity index (χ1) is 21.4. The number of carbonyl (C=O) groups is 5. The molecule has 13 nitrogen and oxygen atoms in total. The van der Waals surface area contributed by atoms with Crippen LogP contribution in [0.5, 0.6) is 0 Å². The van der Waals surface area contributed by atoms with Gasteiger partial charge in [0.1, 0.15) is 23.7 Å². The molecular formula is C32H39N5O8. The van der Waals surface area contributed by atoms with Crippen molar-refractivity contribution in [3.63, 3.8) is 0 Å². The van der Waals surface area contributed by atoms with E-state index < -0.39 is 59.8 Å². The number of benzene rings is 2. The summed E-state index contributed by atoms with van der Waals surface area (Å²) in [5.74, 6) is -3.95. The number of carbonyl (C=O) groups excluding carboxylic acids is 4. The number of primary amides is 1. The number of fused-ring (bicyclic) bond motifs is 1. The molecule has 3 aromatic rings. The highest BCUT2D eigenvalue weighted by Crippen LogP contribution is 2.27. The van der Waals surface area contributed by atoms with E-state index in [1.54, 1.807) is 49.4 Å². The van der Waals surface area contributed by atoms with Crippen LogP contribution < -0.4 is 32.6 Å². The van der Waals surface area contributed by atoms with E-state index in [9.17, 15) is 28.8 Å². The minimum atomic E-state index is -1.23. The fourth-order valence-electron chi connectivity index (χ4n) is 4.92. The lowest BCUT2D eigenvalue weighted by atomic mass is 10.00. The maximum absolute atomic E-state index is 14.5. The molecule has 1 heterocycles. The molecule has 13 heteroatoms. The van der Waals surface area contributed by atoms with E-state index >= 15 is 0 Å². The molecule has 2 aromatic carbocycles. The van der Waals surface area contributed by atoms with Gasteiger partial charge < -0.3 is 31.6 Å². The van der Waals surface area contributed by atoms with Crippen molar-refractivity contribution in [2.75, 3.05) is 11.4 Å². The van der Waals surface area contributed by atoms with Gasteiger partial charge in [-0.2, -0.15) is 0 Å². The minimum absolute atomic E-state index is 0.0254. The van der Waals surface area contributed by atoms with Crippen molar-refractivity contribution < 1.29 is 33.5 Å². The van der Waals surface area contributed by atoms with Crippen molar-refractivity contribution >= 4 is 46.3 Å². The van der Waals surface area contributed by atoms with E-state index in [0.717, 1.165) is 0 Å². The van der Waals surface area contributed by atoms with Gasteiger partial charge in [-0.05, 0) is 62.9 Å². The van der Waals surface area contributed by atoms with E-state index in [0.29, 0.717) is 35.9 Å². The summed E-state index contributed by atoms with van der Waals surface area (Å²) >= 11 is 0. The van der Waals surface area contributed by atoms with Gasteiger partial charge in [0.15, 0.2) is 0 Å². The molecule has 4 amide bonds. The van der Waals surface area contributed by atoms with Crippen molar-refractivity contribution in [3.05, 3.63) is 76.1 Å². The molecule has 7 N–H and O–H groups in total. The number of hydrogen-bond acceptors (Lipinski definition) is 8. The van der Waals surface area contributed by atoms with Gasteiger partial charge in [-0.15, -0.1) is 0 Å². The Labute approximate surface area is 259 Å². The van der Waals surface area contributed by atoms with Crippen LogP contribution in [0.1, 0.15) is 50.2 Å². The highest BCUT2D eigenvalue weighted by Gasteiger charge is 2.35. The summed E-state index contributed by atoms with van der Waals surface area (Å²) in [5, 5.41) is 14.6. The van der Waals surface area contributed by atoms with Gasteiger partial charge in [0.05, 0.1) is 6.42 Å². The van der Waals surface area contributed by atoms with Gasteiger partial charge in [0.25, 0.3) is 5.91 Å². The topological polar surface area (TPSA) is 215 Å². The molecule has 3 atom stereocenters. The van der Waals surface area contributed by atoms with Crippen LogP contribution in [0, 0.1) is 6.92 Å². The summed E-state index contributed by atoms with van der Waals surface area (Å²) in [6.45, 7) is 3.51. The zero-order valence-corrected chi connectivity index (χ0v) is 25.3. The number of nitrogens with zero attached hydrogens (tertiary/aromatic N) is 1. The van der Waals surface area contributed by atoms with Gasteiger partial charge in [0, 0.05) is 36.0 Å². The van der Waals surface area contributed by atoms with Crippen LogP contribution in [-0.2, 0) is 30.4 Å². The fraction of sp³-hybridized carbons (Fsp3) is 0.375. The summed E-state index contributed by atoms with van der Waals surface area (Å²) in [6, 6.07) is 11.5. The number of anilines is 1. The molecule has 0 spiro atoms. The Hall–Kier alpha value is -5.04. The molecule has 3 rings (SSSR count). The molecule has 1 aromatic heterocycles. The van der Waals surface area contributed by atoms with Gasteiger partial charge in [-0.3, -0.25) is 28.9 Å². The number of aliphatic carboxylic acids is 1. The lowest BCUT2D eigenvalue weighted by Gasteiger charge is -2.34. The second kappa shape index (κ2) is 16.1. The molecule has 0 saturated heterocycles. The Morgan fingerprint density at radius 3 is 2.33 bits per heavy atom. The molecule has 0 saturated carbocycles. The second-order valence-electron chi connectivity index (χ2n) is 10.8. The third kappa shape index (κ3) is 9.73. The Morgan fingerprint density at radius 2 is 1.69 bits per heavy atom. The Kier molecular flexibility index (Phi) is 12.4. The Balaban J connectivity index is 2.05. The first-order valence-corrected chi connectivity index (χ1v) is 14.6. The average molecular weight is 622 g/mol. The standard InChI is InChI=1S/C32H39N5O8/c1-19-16-29(41)45-26-18-22(11-12-23(19)26)37(25(30(34)42)10-6-7-15-33)32(44)24(17-21-8-4-3-5-9-21)36-31(43)20(2)35-27(38)13-14-28(39)40/h3-5,8-9,11-12,16,18,20,24-25H,6-7,10,13-15,17,33H2,1-2H3,(H2,34,42)(H,35,38)(H,36,43)(H,39,40). The van der Waals surface area contributed by atoms with Gasteiger partial charge >= 0.3 is 11.6 Å². The number of hydrogen-bond donors (Lipinski definition) is 5. The van der Waals surface area contributed by atoms with E-state index in [4.69, 9.17) is 21.0 Å². The summed E-state index contributed by atoms with van der Waals surface area (Å²) in [5.41, 5.74) is 12.7. The first-order valence-electron chi connectivity index (χ1n) is 14.6. The summed E-state index contributed by atoms with van der Waals surface area (Å²) in [6.07, 6.45) is 0.515. The SMILES string of the molecule is Cc1cc(=O)oc2cc(N(C(=O)C(Cc3ccccc3)NC(=O)C(C)NC(=O)CCC(=O)O)C(CCCCN)C(N)=O)ccc12. The zero-order chi connectivity index (χ0) is 33.1. The van der Waals surface area contributed by atoms with Gasteiger partial charge in [-0.25, -0.2) is 4.79 Å². The Bertz CT molecular complexity index is 1590. The van der Waals surface area contributed by atoms with Crippen LogP contribution in [0.15, 0.2) is 63.8 Å². The molecule has 0 aliphatic carbocycles. The second-order valence-corrected chi connectivity index (χ2v) is 10.8. The molecule has 0 radical (unpaired) electrons. The number of nitrogens with two attached hydrogens (primary N) is 2. The number of unbranched alkanes of at least 4 members (excludes halogenated alkanes) is 1. The zero-order valence-electron chi connectivity index (χ0n) is 25.3. The average Bonchev–Trinajstić information content (AvgIpc) is 2.99. The highest BCUT2D eigenvalue weighted by molar-refractivity contribution is 6.05. The van der Waals surface area contributed by atoms with Gasteiger partial charge in [-0.1, -0.05) is 30.3 Å².